The molecule has 5 heteroatoms. The number of rotatable bonds is 6. The van der Waals surface area contributed by atoms with Gasteiger partial charge in [-0.05, 0) is 54.8 Å². The van der Waals surface area contributed by atoms with Crippen molar-refractivity contribution in [3.05, 3.63) is 71.9 Å². The number of carbonyl (C=O) groups is 1. The van der Waals surface area contributed by atoms with Crippen LogP contribution >= 0.6 is 0 Å². The number of benzene rings is 2. The molecule has 3 aromatic rings. The Morgan fingerprint density at radius 3 is 2.63 bits per heavy atom. The molecular weight excluding hydrogens is 374 g/mol. The summed E-state index contributed by atoms with van der Waals surface area (Å²) in [6.07, 6.45) is 3.52. The van der Waals surface area contributed by atoms with Gasteiger partial charge in [0, 0.05) is 30.8 Å². The number of carbonyl (C=O) groups excluding carboxylic acids is 1. The largest absolute Gasteiger partial charge is 0.481 e. The van der Waals surface area contributed by atoms with Gasteiger partial charge in [-0.2, -0.15) is 0 Å². The Balaban J connectivity index is 1.32. The number of amides is 1. The third kappa shape index (κ3) is 4.46. The first kappa shape index (κ1) is 20.4. The molecule has 1 amide bonds. The second-order valence-electron chi connectivity index (χ2n) is 7.98. The molecular formula is C25H29N3O2. The molecule has 4 rings (SSSR count). The van der Waals surface area contributed by atoms with E-state index in [4.69, 9.17) is 4.74 Å². The van der Waals surface area contributed by atoms with Crippen molar-refractivity contribution in [3.63, 3.8) is 0 Å². The lowest BCUT2D eigenvalue weighted by atomic mass is 9.92. The molecule has 1 unspecified atom stereocenters. The maximum absolute atomic E-state index is 12.6. The van der Waals surface area contributed by atoms with Gasteiger partial charge in [-0.25, -0.2) is 4.98 Å². The summed E-state index contributed by atoms with van der Waals surface area (Å²) in [4.78, 5) is 19.3. The Bertz CT molecular complexity index is 989. The summed E-state index contributed by atoms with van der Waals surface area (Å²) in [7, 11) is 1.59. The Hall–Kier alpha value is -2.92. The van der Waals surface area contributed by atoms with E-state index in [1.165, 1.54) is 16.3 Å². The summed E-state index contributed by atoms with van der Waals surface area (Å²) in [5.41, 5.74) is 2.34. The molecule has 1 aliphatic rings. The van der Waals surface area contributed by atoms with E-state index in [1.807, 2.05) is 12.1 Å². The first-order valence-electron chi connectivity index (χ1n) is 10.6. The van der Waals surface area contributed by atoms with Gasteiger partial charge in [-0.15, -0.1) is 0 Å². The minimum atomic E-state index is 0.0761. The maximum atomic E-state index is 12.6. The van der Waals surface area contributed by atoms with Gasteiger partial charge in [0.2, 0.25) is 11.8 Å². The normalized spacial score (nSPS) is 16.3. The van der Waals surface area contributed by atoms with Crippen LogP contribution in [-0.4, -0.2) is 36.0 Å². The number of methoxy groups -OCH3 is 1. The van der Waals surface area contributed by atoms with Crippen molar-refractivity contribution in [2.24, 2.45) is 5.92 Å². The molecule has 2 heterocycles. The average molecular weight is 404 g/mol. The van der Waals surface area contributed by atoms with Crippen molar-refractivity contribution in [1.29, 1.82) is 0 Å². The van der Waals surface area contributed by atoms with Gasteiger partial charge < -0.3 is 10.1 Å². The number of piperidine rings is 1. The van der Waals surface area contributed by atoms with Crippen LogP contribution < -0.4 is 10.1 Å². The lowest BCUT2D eigenvalue weighted by Crippen LogP contribution is -2.41. The van der Waals surface area contributed by atoms with Gasteiger partial charge in [-0.1, -0.05) is 48.5 Å². The van der Waals surface area contributed by atoms with Gasteiger partial charge in [0.25, 0.3) is 0 Å². The van der Waals surface area contributed by atoms with Crippen LogP contribution in [0.15, 0.2) is 60.8 Å². The van der Waals surface area contributed by atoms with E-state index in [2.05, 4.69) is 64.6 Å². The number of nitrogens with zero attached hydrogens (tertiary/aromatic N) is 2. The highest BCUT2D eigenvalue weighted by Crippen LogP contribution is 2.31. The molecule has 1 fully saturated rings. The van der Waals surface area contributed by atoms with Crippen molar-refractivity contribution in [1.82, 2.24) is 15.2 Å². The second kappa shape index (κ2) is 9.26. The van der Waals surface area contributed by atoms with Crippen molar-refractivity contribution < 1.29 is 9.53 Å². The highest BCUT2D eigenvalue weighted by Gasteiger charge is 2.28. The average Bonchev–Trinajstić information content (AvgIpc) is 2.82. The molecule has 0 saturated carbocycles. The lowest BCUT2D eigenvalue weighted by molar-refractivity contribution is -0.126. The quantitative estimate of drug-likeness (QED) is 0.665. The Labute approximate surface area is 178 Å². The molecule has 1 saturated heterocycles. The number of likely N-dealkylation sites (tertiary alicyclic amines) is 1. The van der Waals surface area contributed by atoms with Crippen LogP contribution in [0.1, 0.15) is 36.9 Å². The van der Waals surface area contributed by atoms with E-state index in [0.29, 0.717) is 18.5 Å². The van der Waals surface area contributed by atoms with Crippen molar-refractivity contribution in [2.75, 3.05) is 20.2 Å². The minimum Gasteiger partial charge on any atom is -0.481 e. The molecule has 1 atom stereocenters. The summed E-state index contributed by atoms with van der Waals surface area (Å²) in [6, 6.07) is 19.2. The molecule has 0 spiro atoms. The van der Waals surface area contributed by atoms with Crippen LogP contribution in [0.2, 0.25) is 0 Å². The van der Waals surface area contributed by atoms with Crippen LogP contribution in [0.3, 0.4) is 0 Å². The van der Waals surface area contributed by atoms with Gasteiger partial charge in [0.05, 0.1) is 7.11 Å². The van der Waals surface area contributed by atoms with Crippen LogP contribution in [0, 0.1) is 5.92 Å². The van der Waals surface area contributed by atoms with E-state index >= 15 is 0 Å². The number of hydrogen-bond donors (Lipinski definition) is 1. The fourth-order valence-electron chi connectivity index (χ4n) is 4.33. The highest BCUT2D eigenvalue weighted by molar-refractivity contribution is 5.86. The lowest BCUT2D eigenvalue weighted by Gasteiger charge is -2.36. The zero-order valence-electron chi connectivity index (χ0n) is 17.7. The molecule has 0 radical (unpaired) electrons. The van der Waals surface area contributed by atoms with Crippen LogP contribution in [0.4, 0.5) is 0 Å². The molecule has 0 aliphatic carbocycles. The van der Waals surface area contributed by atoms with E-state index in [0.717, 1.165) is 31.5 Å². The standard InChI is InChI=1S/C25H29N3O2/c1-18(22-9-5-7-20-6-3-4-8-23(20)22)28-14-12-21(13-15-28)25(29)27-17-19-10-11-24(30-2)26-16-19/h3-11,16,18,21H,12-15,17H2,1-2H3,(H,27,29). The van der Waals surface area contributed by atoms with Gasteiger partial charge in [0.15, 0.2) is 0 Å². The smallest absolute Gasteiger partial charge is 0.223 e. The number of nitrogens with one attached hydrogen (secondary N) is 1. The topological polar surface area (TPSA) is 54.5 Å². The monoisotopic (exact) mass is 403 g/mol. The van der Waals surface area contributed by atoms with Crippen molar-refractivity contribution >= 4 is 16.7 Å². The first-order chi connectivity index (χ1) is 14.7. The van der Waals surface area contributed by atoms with E-state index < -0.39 is 0 Å². The summed E-state index contributed by atoms with van der Waals surface area (Å²) in [6.45, 7) is 4.65. The molecule has 5 nitrogen and oxygen atoms in total. The zero-order chi connectivity index (χ0) is 20.9. The third-order valence-electron chi connectivity index (χ3n) is 6.19. The minimum absolute atomic E-state index is 0.0761. The Morgan fingerprint density at radius 1 is 1.13 bits per heavy atom. The molecule has 156 valence electrons. The molecule has 1 aliphatic heterocycles. The first-order valence-corrected chi connectivity index (χ1v) is 10.6. The van der Waals surface area contributed by atoms with Gasteiger partial charge in [-0.3, -0.25) is 9.69 Å². The number of hydrogen-bond acceptors (Lipinski definition) is 4. The number of ether oxygens (including phenoxy) is 1. The van der Waals surface area contributed by atoms with Gasteiger partial charge >= 0.3 is 0 Å². The molecule has 2 aromatic carbocycles. The number of pyridine rings is 1. The molecule has 1 N–H and O–H groups in total. The van der Waals surface area contributed by atoms with Crippen molar-refractivity contribution in [3.8, 4) is 5.88 Å². The Morgan fingerprint density at radius 2 is 1.90 bits per heavy atom. The highest BCUT2D eigenvalue weighted by atomic mass is 16.5. The SMILES string of the molecule is COc1ccc(CNC(=O)C2CCN(C(C)c3cccc4ccccc34)CC2)cn1. The molecule has 1 aromatic heterocycles. The Kier molecular flexibility index (Phi) is 6.29. The number of fused-ring (bicyclic) bond motifs is 1. The van der Waals surface area contributed by atoms with Gasteiger partial charge in [0.1, 0.15) is 0 Å². The molecule has 0 bridgehead atoms. The summed E-state index contributed by atoms with van der Waals surface area (Å²) < 4.78 is 5.07. The van der Waals surface area contributed by atoms with Crippen LogP contribution in [-0.2, 0) is 11.3 Å². The van der Waals surface area contributed by atoms with Crippen LogP contribution in [0.5, 0.6) is 5.88 Å². The maximum Gasteiger partial charge on any atom is 0.223 e. The summed E-state index contributed by atoms with van der Waals surface area (Å²) in [5.74, 6) is 0.799. The predicted octanol–water partition coefficient (Wildman–Crippen LogP) is 4.33. The predicted molar refractivity (Wildman–Crippen MR) is 119 cm³/mol. The zero-order valence-corrected chi connectivity index (χ0v) is 17.7. The third-order valence-corrected chi connectivity index (χ3v) is 6.19. The van der Waals surface area contributed by atoms with E-state index in [-0.39, 0.29) is 11.8 Å². The molecule has 30 heavy (non-hydrogen) atoms. The fraction of sp³-hybridized carbons (Fsp3) is 0.360. The van der Waals surface area contributed by atoms with Crippen LogP contribution in [0.25, 0.3) is 10.8 Å². The summed E-state index contributed by atoms with van der Waals surface area (Å²) >= 11 is 0. The van der Waals surface area contributed by atoms with E-state index in [1.54, 1.807) is 13.3 Å². The second-order valence-corrected chi connectivity index (χ2v) is 7.98. The van der Waals surface area contributed by atoms with Crippen molar-refractivity contribution in [2.45, 2.75) is 32.4 Å². The number of aromatic nitrogens is 1. The fourth-order valence-corrected chi connectivity index (χ4v) is 4.33. The summed E-state index contributed by atoms with van der Waals surface area (Å²) in [5, 5.41) is 5.67. The van der Waals surface area contributed by atoms with E-state index in [9.17, 15) is 4.79 Å².